The Labute approximate surface area is 270 Å². The van der Waals surface area contributed by atoms with Gasteiger partial charge >= 0.3 is 6.01 Å². The summed E-state index contributed by atoms with van der Waals surface area (Å²) < 4.78 is 6.48. The molecule has 0 radical (unpaired) electrons. The van der Waals surface area contributed by atoms with Crippen molar-refractivity contribution in [2.75, 3.05) is 68.8 Å². The molecule has 1 atom stereocenters. The minimum Gasteiger partial charge on any atom is -0.463 e. The van der Waals surface area contributed by atoms with Crippen molar-refractivity contribution < 1.29 is 9.53 Å². The number of nitrogens with zero attached hydrogens (tertiary/aromatic N) is 7. The van der Waals surface area contributed by atoms with Gasteiger partial charge in [-0.05, 0) is 68.8 Å². The quantitative estimate of drug-likeness (QED) is 0.238. The standard InChI is InChI=1S/C35H40ClN7O2/c1-3-31(44)43-19-18-42(21-26(43)20-37-2)33-27-12-17-41(30-11-7-9-25-8-6-10-28(36)32(25)30)22-29(27)38-34(39-33)45-24-35(13-14-35)23-40-15-4-5-16-40/h3,6-11,26H,1,4-5,12-24H2/t26-/m0/s1. The second-order valence-corrected chi connectivity index (χ2v) is 13.4. The predicted octanol–water partition coefficient (Wildman–Crippen LogP) is 5.22. The summed E-state index contributed by atoms with van der Waals surface area (Å²) in [5.41, 5.74) is 3.37. The molecule has 1 aliphatic carbocycles. The highest BCUT2D eigenvalue weighted by molar-refractivity contribution is 6.36. The monoisotopic (exact) mass is 625 g/mol. The molecule has 3 fully saturated rings. The molecule has 3 aliphatic heterocycles. The molecule has 0 spiro atoms. The fraction of sp³-hybridized carbons (Fsp3) is 0.486. The van der Waals surface area contributed by atoms with E-state index in [4.69, 9.17) is 32.9 Å². The van der Waals surface area contributed by atoms with E-state index in [1.165, 1.54) is 44.8 Å². The molecule has 1 saturated carbocycles. The van der Waals surface area contributed by atoms with E-state index in [2.05, 4.69) is 50.4 Å². The Morgan fingerprint density at radius 2 is 1.89 bits per heavy atom. The zero-order chi connectivity index (χ0) is 31.0. The van der Waals surface area contributed by atoms with Gasteiger partial charge in [0.2, 0.25) is 12.5 Å². The van der Waals surface area contributed by atoms with Gasteiger partial charge in [-0.3, -0.25) is 4.79 Å². The molecule has 2 aromatic carbocycles. The first-order valence-electron chi connectivity index (χ1n) is 16.2. The second kappa shape index (κ2) is 12.5. The highest BCUT2D eigenvalue weighted by Gasteiger charge is 2.45. The number of fused-ring (bicyclic) bond motifs is 2. The molecule has 10 heteroatoms. The lowest BCUT2D eigenvalue weighted by Gasteiger charge is -2.41. The van der Waals surface area contributed by atoms with Crippen LogP contribution in [-0.2, 0) is 17.8 Å². The zero-order valence-corrected chi connectivity index (χ0v) is 26.5. The lowest BCUT2D eigenvalue weighted by Crippen LogP contribution is -2.56. The van der Waals surface area contributed by atoms with Crippen molar-refractivity contribution in [3.63, 3.8) is 0 Å². The Balaban J connectivity index is 1.20. The van der Waals surface area contributed by atoms with E-state index < -0.39 is 0 Å². The van der Waals surface area contributed by atoms with E-state index in [1.807, 2.05) is 12.1 Å². The molecule has 4 aliphatic rings. The van der Waals surface area contributed by atoms with Crippen LogP contribution in [-0.4, -0.2) is 90.7 Å². The summed E-state index contributed by atoms with van der Waals surface area (Å²) in [7, 11) is 0. The average Bonchev–Trinajstić information content (AvgIpc) is 3.64. The Kier molecular flexibility index (Phi) is 8.28. The maximum Gasteiger partial charge on any atom is 0.318 e. The van der Waals surface area contributed by atoms with Crippen LogP contribution in [0.25, 0.3) is 15.6 Å². The third-order valence-electron chi connectivity index (χ3n) is 9.96. The summed E-state index contributed by atoms with van der Waals surface area (Å²) >= 11 is 6.73. The van der Waals surface area contributed by atoms with Gasteiger partial charge in [0.05, 0.1) is 23.9 Å². The fourth-order valence-electron chi connectivity index (χ4n) is 7.33. The van der Waals surface area contributed by atoms with Crippen LogP contribution in [0.1, 0.15) is 36.9 Å². The molecule has 7 rings (SSSR count). The number of carbonyl (C=O) groups excluding carboxylic acids is 1. The van der Waals surface area contributed by atoms with Gasteiger partial charge in [0.25, 0.3) is 0 Å². The Morgan fingerprint density at radius 3 is 2.64 bits per heavy atom. The average molecular weight is 626 g/mol. The molecule has 4 heterocycles. The molecular weight excluding hydrogens is 586 g/mol. The highest BCUT2D eigenvalue weighted by atomic mass is 35.5. The first-order chi connectivity index (χ1) is 22.0. The molecule has 1 aromatic heterocycles. The summed E-state index contributed by atoms with van der Waals surface area (Å²) in [6.45, 7) is 18.6. The topological polar surface area (TPSA) is 69.4 Å². The van der Waals surface area contributed by atoms with E-state index in [9.17, 15) is 4.79 Å². The van der Waals surface area contributed by atoms with Crippen LogP contribution in [0.2, 0.25) is 5.02 Å². The number of hydrogen-bond donors (Lipinski definition) is 0. The molecular formula is C35H40ClN7O2. The second-order valence-electron chi connectivity index (χ2n) is 13.0. The van der Waals surface area contributed by atoms with Gasteiger partial charge in [0.15, 0.2) is 0 Å². The predicted molar refractivity (Wildman–Crippen MR) is 178 cm³/mol. The molecule has 1 amide bonds. The van der Waals surface area contributed by atoms with Crippen LogP contribution in [0, 0.1) is 12.0 Å². The van der Waals surface area contributed by atoms with Crippen molar-refractivity contribution in [2.24, 2.45) is 5.41 Å². The maximum atomic E-state index is 12.6. The largest absolute Gasteiger partial charge is 0.463 e. The van der Waals surface area contributed by atoms with Gasteiger partial charge in [-0.15, -0.1) is 0 Å². The fourth-order valence-corrected chi connectivity index (χ4v) is 7.61. The SMILES string of the molecule is [C-]#[N+]C[C@H]1CN(c2nc(OCC3(CN4CCCC4)CC3)nc3c2CCN(c2cccc4cccc(Cl)c24)C3)CCN1C(=O)C=C. The molecule has 3 aromatic rings. The van der Waals surface area contributed by atoms with Gasteiger partial charge < -0.3 is 29.2 Å². The van der Waals surface area contributed by atoms with E-state index in [-0.39, 0.29) is 23.9 Å². The van der Waals surface area contributed by atoms with Crippen LogP contribution < -0.4 is 14.5 Å². The van der Waals surface area contributed by atoms with Crippen LogP contribution in [0.15, 0.2) is 49.1 Å². The molecule has 9 nitrogen and oxygen atoms in total. The number of likely N-dealkylation sites (tertiary alicyclic amines) is 1. The first kappa shape index (κ1) is 29.8. The molecule has 0 bridgehead atoms. The third kappa shape index (κ3) is 6.06. The molecule has 0 N–H and O–H groups in total. The first-order valence-corrected chi connectivity index (χ1v) is 16.5. The molecule has 234 valence electrons. The summed E-state index contributed by atoms with van der Waals surface area (Å²) in [5.74, 6) is 0.741. The van der Waals surface area contributed by atoms with E-state index in [0.717, 1.165) is 58.1 Å². The number of amides is 1. The number of piperazine rings is 1. The normalized spacial score (nSPS) is 21.0. The van der Waals surface area contributed by atoms with Crippen molar-refractivity contribution in [1.82, 2.24) is 19.8 Å². The van der Waals surface area contributed by atoms with E-state index in [1.54, 1.807) is 4.90 Å². The van der Waals surface area contributed by atoms with Crippen molar-refractivity contribution in [1.29, 1.82) is 0 Å². The Morgan fingerprint density at radius 1 is 1.09 bits per heavy atom. The lowest BCUT2D eigenvalue weighted by molar-refractivity contribution is -0.128. The highest BCUT2D eigenvalue weighted by Crippen LogP contribution is 2.47. The number of anilines is 2. The molecule has 0 unspecified atom stereocenters. The number of benzene rings is 2. The van der Waals surface area contributed by atoms with Crippen LogP contribution >= 0.6 is 11.6 Å². The summed E-state index contributed by atoms with van der Waals surface area (Å²) in [5, 5.41) is 2.91. The van der Waals surface area contributed by atoms with Crippen molar-refractivity contribution in [2.45, 2.75) is 44.7 Å². The minimum atomic E-state index is -0.232. The minimum absolute atomic E-state index is 0.130. The maximum absolute atomic E-state index is 12.6. The lowest BCUT2D eigenvalue weighted by atomic mass is 10.0. The Bertz CT molecular complexity index is 1640. The number of halogens is 1. The van der Waals surface area contributed by atoms with Gasteiger partial charge in [-0.2, -0.15) is 9.97 Å². The zero-order valence-electron chi connectivity index (χ0n) is 25.8. The van der Waals surface area contributed by atoms with Crippen molar-refractivity contribution in [3.05, 3.63) is 76.8 Å². The number of ether oxygens (including phenoxy) is 1. The van der Waals surface area contributed by atoms with Gasteiger partial charge in [-0.1, -0.05) is 42.4 Å². The number of aromatic nitrogens is 2. The van der Waals surface area contributed by atoms with Gasteiger partial charge in [0.1, 0.15) is 11.9 Å². The van der Waals surface area contributed by atoms with E-state index in [0.29, 0.717) is 38.8 Å². The van der Waals surface area contributed by atoms with E-state index >= 15 is 0 Å². The summed E-state index contributed by atoms with van der Waals surface area (Å²) in [6.07, 6.45) is 7.03. The van der Waals surface area contributed by atoms with Crippen molar-refractivity contribution >= 4 is 39.8 Å². The van der Waals surface area contributed by atoms with Crippen molar-refractivity contribution in [3.8, 4) is 6.01 Å². The summed E-state index contributed by atoms with van der Waals surface area (Å²) in [4.78, 5) is 35.3. The third-order valence-corrected chi connectivity index (χ3v) is 10.3. The Hall–Kier alpha value is -3.87. The van der Waals surface area contributed by atoms with Crippen LogP contribution in [0.4, 0.5) is 11.5 Å². The number of carbonyl (C=O) groups is 1. The molecule has 45 heavy (non-hydrogen) atoms. The summed E-state index contributed by atoms with van der Waals surface area (Å²) in [6, 6.07) is 12.5. The smallest absolute Gasteiger partial charge is 0.318 e. The van der Waals surface area contributed by atoms with Crippen LogP contribution in [0.3, 0.4) is 0 Å². The number of rotatable bonds is 9. The van der Waals surface area contributed by atoms with Crippen LogP contribution in [0.5, 0.6) is 6.01 Å². The van der Waals surface area contributed by atoms with Gasteiger partial charge in [-0.25, -0.2) is 6.57 Å². The van der Waals surface area contributed by atoms with Gasteiger partial charge in [0, 0.05) is 54.8 Å². The number of hydrogen-bond acceptors (Lipinski definition) is 7. The molecule has 2 saturated heterocycles.